The zero-order valence-electron chi connectivity index (χ0n) is 68.0. The predicted octanol–water partition coefficient (Wildman–Crippen LogP) is 2.34. The number of alkyl halides is 1. The van der Waals surface area contributed by atoms with Crippen molar-refractivity contribution < 1.29 is 108 Å². The van der Waals surface area contributed by atoms with Crippen LogP contribution in [0, 0.1) is 57.2 Å². The summed E-state index contributed by atoms with van der Waals surface area (Å²) in [6.45, 7) is 11.7. The number of hydrogen-bond donors (Lipinski definition) is 13. The second-order valence-electron chi connectivity index (χ2n) is 33.6. The second kappa shape index (κ2) is 38.8. The number of allylic oxidation sites excluding steroid dienone is 4. The number of hydrogen-bond acceptors (Lipinski definition) is 26. The van der Waals surface area contributed by atoms with Crippen molar-refractivity contribution in [3.63, 3.8) is 0 Å². The van der Waals surface area contributed by atoms with Crippen LogP contribution in [0.2, 0.25) is 0 Å². The van der Waals surface area contributed by atoms with E-state index >= 15 is 0 Å². The van der Waals surface area contributed by atoms with E-state index in [4.69, 9.17) is 53.0 Å². The Labute approximate surface area is 716 Å². The van der Waals surface area contributed by atoms with Gasteiger partial charge in [-0.1, -0.05) is 97.5 Å². The number of aliphatic hydroxyl groups is 4. The van der Waals surface area contributed by atoms with E-state index in [2.05, 4.69) is 23.3 Å². The summed E-state index contributed by atoms with van der Waals surface area (Å²) in [7, 11) is 0. The summed E-state index contributed by atoms with van der Waals surface area (Å²) in [4.78, 5) is 200. The molecule has 0 saturated heterocycles. The smallest absolute Gasteiger partial charge is 0.352 e. The number of nitrogens with two attached hydrogens (primary N) is 2. The number of carbonyl (C=O) groups excluding carboxylic acids is 8. The second-order valence-corrected chi connectivity index (χ2v) is 35.3. The number of nitrogens with one attached hydrogen (secondary N) is 2. The molecule has 20 atom stereocenters. The number of halogens is 1. The van der Waals surface area contributed by atoms with Crippen LogP contribution in [0.15, 0.2) is 103 Å². The number of ketones is 4. The van der Waals surface area contributed by atoms with Crippen LogP contribution < -0.4 is 44.9 Å². The molecular weight excluding hydrogens is 1650 g/mol. The number of aliphatic carboxylic acids is 4. The molecule has 14 N–H and O–H groups in total. The molecule has 39 heteroatoms. The molecule has 2 aromatic carbocycles. The van der Waals surface area contributed by atoms with Crippen molar-refractivity contribution in [2.75, 3.05) is 23.1 Å². The maximum absolute atomic E-state index is 14.1. The van der Waals surface area contributed by atoms with Crippen molar-refractivity contribution >= 4 is 107 Å². The summed E-state index contributed by atoms with van der Waals surface area (Å²) in [5.41, 5.74) is 2.63. The normalized spacial score (nSPS) is 30.0. The summed E-state index contributed by atoms with van der Waals surface area (Å²) >= 11 is 10.7. The number of ether oxygens (including phenoxy) is 2. The largest absolute Gasteiger partial charge is 0.481 e. The van der Waals surface area contributed by atoms with E-state index in [9.17, 15) is 97.1 Å². The molecule has 0 unspecified atom stereocenters. The lowest BCUT2D eigenvalue weighted by atomic mass is 9.46. The van der Waals surface area contributed by atoms with Gasteiger partial charge < -0.3 is 72.4 Å². The number of carboxylic acids is 4. The van der Waals surface area contributed by atoms with Crippen molar-refractivity contribution in [2.24, 2.45) is 68.6 Å². The van der Waals surface area contributed by atoms with Crippen molar-refractivity contribution in [1.82, 2.24) is 38.5 Å². The monoisotopic (exact) mass is 1760 g/mol. The molecule has 6 fully saturated rings. The van der Waals surface area contributed by atoms with Gasteiger partial charge in [0, 0.05) is 58.8 Å². The molecule has 36 nitrogen and oxygen atoms in total. The average Bonchev–Trinajstić information content (AvgIpc) is 1.50. The fourth-order valence-corrected chi connectivity index (χ4v) is 21.8. The van der Waals surface area contributed by atoms with E-state index in [-0.39, 0.29) is 138 Å². The Kier molecular flexibility index (Phi) is 30.6. The van der Waals surface area contributed by atoms with Crippen LogP contribution in [0.3, 0.4) is 0 Å². The third-order valence-electron chi connectivity index (χ3n) is 27.6. The van der Waals surface area contributed by atoms with Crippen LogP contribution in [0.4, 0.5) is 0 Å². The minimum absolute atomic E-state index is 0. The molecule has 0 spiro atoms. The number of Topliss-reactive ketones (excluding diaryl/α,β-unsaturated/α-hetero) is 4. The molecule has 4 bridgehead atoms. The molecule has 6 saturated carbocycles. The van der Waals surface area contributed by atoms with E-state index in [1.807, 2.05) is 45.9 Å². The fourth-order valence-electron chi connectivity index (χ4n) is 20.5. The van der Waals surface area contributed by atoms with Gasteiger partial charge in [-0.05, 0) is 135 Å². The van der Waals surface area contributed by atoms with Gasteiger partial charge in [0.1, 0.15) is 53.6 Å². The van der Waals surface area contributed by atoms with E-state index in [0.717, 1.165) is 32.0 Å². The number of nitrogens with zero attached hydrogens (tertiary/aromatic N) is 6. The summed E-state index contributed by atoms with van der Waals surface area (Å²) in [5, 5.41) is 87.8. The van der Waals surface area contributed by atoms with Gasteiger partial charge in [-0.2, -0.15) is 12.6 Å². The number of rotatable bonds is 30. The Bertz CT molecular complexity index is 5000. The quantitative estimate of drug-likeness (QED) is 0.0154. The zero-order valence-corrected chi connectivity index (χ0v) is 70.4. The SMILES string of the molecule is C.C[C@@H]1CC[C@@]23C[C@H](O)C(=O)[C@@]2(O)[C@]1(C)[C@H](OC(=O)CCl)C[C@@H](C1=CCn2c(=O)n(-c4ccccc4)c(=O)n2C1)[C@@H]3C.C[C@@H]1CC[C@@]23C[C@H](O)C(=O)[C@@]2(O)[C@]1(C)[C@H](OC(=O)CSC[C@H](NC(=O)CC[C@H](N)C(=O)O)C(=O)CCC(=O)O)C[C@@H](C1=CCn2c(=O)n(-c4ccccc4)c(=O)n2C1)[C@@H]3C.N[C@@H](CCC(=O)N[C@@H](CS)C(=O)CCC(=O)O)C(=O)O. The molecule has 2 aromatic heterocycles. The van der Waals surface area contributed by atoms with Gasteiger partial charge in [-0.15, -0.1) is 23.4 Å². The molecule has 122 heavy (non-hydrogen) atoms. The molecule has 4 aromatic rings. The minimum Gasteiger partial charge on any atom is -0.481 e. The first kappa shape index (κ1) is 96.4. The highest BCUT2D eigenvalue weighted by Gasteiger charge is 2.80. The van der Waals surface area contributed by atoms with Crippen molar-refractivity contribution in [1.29, 1.82) is 0 Å². The number of thioether (sulfide) groups is 1. The summed E-state index contributed by atoms with van der Waals surface area (Å²) in [6, 6.07) is 12.7. The third kappa shape index (κ3) is 17.9. The number of aliphatic hydroxyl groups excluding tert-OH is 2. The standard InChI is InChI=1S/C41H53N5O13S.C30H36ClN3O7.C11H18N2O6S.CH4/c1-22-13-15-40-18-30(48)35(53)41(40,58)39(22,3)31(59-34(52)21-60-20-28(29(47)10-12-33(50)51)43-32(49)11-9-27(42)36(54)55)17-26(23(40)2)24-14-16-44-37(56)46(38(57)45(44)19-24)25-7-5-4-6-8-25;1-17-9-11-29-14-22(35)25(37)30(29,40)28(17,3)23(41-24(36)15-31)13-21(18(29)2)19-10-12-32-26(38)34(27(39)33(32)16-19)20-7-5-4-6-8-20;12-6(11(18)19)1-3-9(15)13-7(5-20)8(14)2-4-10(16)17;/h4-8,14,22-23,26-28,30-31,48,58H,9-13,15-21,42H2,1-3H3,(H,43,49)(H,50,51)(H,54,55);4-8,10,17-18,21-23,35,40H,9,11-16H2,1-3H3;6-7,20H,1-5,12H2,(H,13,15)(H,16,17)(H,18,19);1H4/t22-,23+,26-,27+,28+,30+,31-,39+,40+,41-;17-,18+,21-,22+,23-,28+,29+,30-;6-,7-;/m110./s1. The molecular formula is C83H111ClN10O26S2. The Morgan fingerprint density at radius 2 is 0.926 bits per heavy atom. The number of fused-ring (bicyclic) bond motifs is 2. The highest BCUT2D eigenvalue weighted by atomic mass is 35.5. The van der Waals surface area contributed by atoms with E-state index in [1.54, 1.807) is 68.4 Å². The van der Waals surface area contributed by atoms with Gasteiger partial charge in [0.15, 0.2) is 23.1 Å². The number of carboxylic acid groups (broad SMARTS) is 4. The highest BCUT2D eigenvalue weighted by molar-refractivity contribution is 8.00. The van der Waals surface area contributed by atoms with Crippen LogP contribution in [-0.2, 0) is 93.2 Å². The summed E-state index contributed by atoms with van der Waals surface area (Å²) in [5.74, 6) is -12.8. The van der Waals surface area contributed by atoms with Crippen LogP contribution in [-0.4, -0.2) is 222 Å². The third-order valence-corrected chi connectivity index (χ3v) is 29.2. The number of aromatic nitrogens is 6. The number of thiol groups is 1. The van der Waals surface area contributed by atoms with Crippen LogP contribution in [0.1, 0.15) is 152 Å². The molecule has 6 aliphatic carbocycles. The first-order valence-corrected chi connectivity index (χ1v) is 42.7. The average molecular weight is 1760 g/mol. The van der Waals surface area contributed by atoms with Gasteiger partial charge in [-0.3, -0.25) is 57.5 Å². The van der Waals surface area contributed by atoms with Gasteiger partial charge in [0.25, 0.3) is 0 Å². The summed E-state index contributed by atoms with van der Waals surface area (Å²) in [6.07, 6.45) is -0.380. The van der Waals surface area contributed by atoms with Gasteiger partial charge in [0.2, 0.25) is 11.8 Å². The van der Waals surface area contributed by atoms with Gasteiger partial charge >= 0.3 is 58.6 Å². The highest BCUT2D eigenvalue weighted by Crippen LogP contribution is 2.72. The maximum Gasteiger partial charge on any atom is 0.352 e. The molecule has 4 heterocycles. The molecule has 668 valence electrons. The molecule has 8 aliphatic rings. The molecule has 12 rings (SSSR count). The Morgan fingerprint density at radius 1 is 0.557 bits per heavy atom. The predicted molar refractivity (Wildman–Crippen MR) is 444 cm³/mol. The minimum atomic E-state index is -2.11. The lowest BCUT2D eigenvalue weighted by Crippen LogP contribution is -2.69. The van der Waals surface area contributed by atoms with Crippen LogP contribution in [0.5, 0.6) is 0 Å². The molecule has 2 aliphatic heterocycles. The number of para-hydroxylation sites is 2. The van der Waals surface area contributed by atoms with E-state index < -0.39 is 200 Å². The number of amides is 2. The number of benzene rings is 2. The maximum atomic E-state index is 14.1. The van der Waals surface area contributed by atoms with E-state index in [1.165, 1.54) is 18.7 Å². The fraction of sp³-hybridized carbons (Fsp3) is 0.614. The van der Waals surface area contributed by atoms with E-state index in [0.29, 0.717) is 43.5 Å². The Balaban J connectivity index is 0.000000234. The first-order valence-electron chi connectivity index (χ1n) is 40.4. The van der Waals surface area contributed by atoms with Crippen LogP contribution >= 0.6 is 36.0 Å². The van der Waals surface area contributed by atoms with Crippen molar-refractivity contribution in [3.8, 4) is 11.4 Å². The summed E-state index contributed by atoms with van der Waals surface area (Å²) < 4.78 is 20.0. The van der Waals surface area contributed by atoms with Crippen LogP contribution in [0.25, 0.3) is 11.4 Å². The first-order chi connectivity index (χ1) is 57.0. The topological polar surface area (TPSA) is 559 Å². The molecule has 2 amide bonds. The van der Waals surface area contributed by atoms with Crippen molar-refractivity contribution in [3.05, 3.63) is 126 Å². The van der Waals surface area contributed by atoms with Gasteiger partial charge in [0.05, 0.1) is 68.2 Å². The Morgan fingerprint density at radius 3 is 1.30 bits per heavy atom. The lowest BCUT2D eigenvalue weighted by Gasteiger charge is -2.60. The van der Waals surface area contributed by atoms with Crippen molar-refractivity contribution in [2.45, 2.75) is 238 Å². The number of carbonyl (C=O) groups is 12. The Hall–Kier alpha value is -9.41. The molecule has 0 radical (unpaired) electrons. The lowest BCUT2D eigenvalue weighted by molar-refractivity contribution is -0.234. The van der Waals surface area contributed by atoms with Gasteiger partial charge in [-0.25, -0.2) is 47.0 Å². The zero-order chi connectivity index (χ0) is 89.1. The number of esters is 2.